The van der Waals surface area contributed by atoms with E-state index in [0.717, 1.165) is 0 Å². The third kappa shape index (κ3) is 5.67. The summed E-state index contributed by atoms with van der Waals surface area (Å²) in [6.07, 6.45) is -2.44. The van der Waals surface area contributed by atoms with Crippen LogP contribution in [0.5, 0.6) is 0 Å². The van der Waals surface area contributed by atoms with Crippen LogP contribution < -0.4 is 5.32 Å². The van der Waals surface area contributed by atoms with Crippen LogP contribution in [0.15, 0.2) is 30.3 Å². The first-order chi connectivity index (χ1) is 10.0. The number of ether oxygens (including phenoxy) is 1. The van der Waals surface area contributed by atoms with Gasteiger partial charge in [-0.3, -0.25) is 4.79 Å². The highest BCUT2D eigenvalue weighted by Crippen LogP contribution is 2.34. The molecule has 0 aliphatic rings. The number of rotatable bonds is 5. The van der Waals surface area contributed by atoms with Crippen molar-refractivity contribution in [1.29, 1.82) is 0 Å². The van der Waals surface area contributed by atoms with Gasteiger partial charge >= 0.3 is 12.1 Å². The number of halogens is 2. The van der Waals surface area contributed by atoms with Crippen molar-refractivity contribution in [3.63, 3.8) is 0 Å². The number of alkyl carbamates (subject to hydrolysis) is 1. The lowest BCUT2D eigenvalue weighted by Gasteiger charge is -2.28. The fourth-order valence-corrected chi connectivity index (χ4v) is 1.81. The smallest absolute Gasteiger partial charge is 0.408 e. The van der Waals surface area contributed by atoms with E-state index in [-0.39, 0.29) is 5.56 Å². The first kappa shape index (κ1) is 17.9. The highest BCUT2D eigenvalue weighted by atomic mass is 19.3. The number of hydrogen-bond donors (Lipinski definition) is 2. The summed E-state index contributed by atoms with van der Waals surface area (Å²) < 4.78 is 33.3. The van der Waals surface area contributed by atoms with Crippen molar-refractivity contribution < 1.29 is 28.2 Å². The monoisotopic (exact) mass is 315 g/mol. The molecule has 1 rings (SSSR count). The average Bonchev–Trinajstić information content (AvgIpc) is 2.33. The van der Waals surface area contributed by atoms with Gasteiger partial charge in [-0.15, -0.1) is 0 Å². The molecule has 1 amide bonds. The maximum Gasteiger partial charge on any atom is 0.408 e. The van der Waals surface area contributed by atoms with Crippen LogP contribution in [0.1, 0.15) is 38.8 Å². The Kier molecular flexibility index (Phi) is 5.46. The van der Waals surface area contributed by atoms with E-state index in [4.69, 9.17) is 9.84 Å². The van der Waals surface area contributed by atoms with Crippen molar-refractivity contribution in [2.45, 2.75) is 44.8 Å². The number of benzene rings is 1. The van der Waals surface area contributed by atoms with Crippen molar-refractivity contribution >= 4 is 12.1 Å². The lowest BCUT2D eigenvalue weighted by Crippen LogP contribution is -2.43. The molecule has 0 aliphatic carbocycles. The van der Waals surface area contributed by atoms with Gasteiger partial charge in [-0.1, -0.05) is 30.3 Å². The van der Waals surface area contributed by atoms with E-state index in [1.54, 1.807) is 26.8 Å². The summed E-state index contributed by atoms with van der Waals surface area (Å²) in [5.41, 5.74) is -0.757. The normalized spacial score (nSPS) is 13.3. The predicted octanol–water partition coefficient (Wildman–Crippen LogP) is 3.36. The van der Waals surface area contributed by atoms with E-state index in [2.05, 4.69) is 5.32 Å². The molecular weight excluding hydrogens is 296 g/mol. The molecule has 1 aromatic rings. The summed E-state index contributed by atoms with van der Waals surface area (Å²) >= 11 is 0. The van der Waals surface area contributed by atoms with Crippen molar-refractivity contribution in [2.75, 3.05) is 0 Å². The molecule has 0 aromatic heterocycles. The SMILES string of the molecule is CC(C)(C)OC(=O)NC(c1ccccc1)C(F)(F)CC(=O)O. The lowest BCUT2D eigenvalue weighted by atomic mass is 9.98. The minimum absolute atomic E-state index is 0.0969. The summed E-state index contributed by atoms with van der Waals surface area (Å²) in [6.45, 7) is 4.79. The zero-order valence-corrected chi connectivity index (χ0v) is 12.6. The number of carboxylic acids is 1. The quantitative estimate of drug-likeness (QED) is 0.873. The van der Waals surface area contributed by atoms with Crippen LogP contribution in [-0.2, 0) is 9.53 Å². The number of nitrogens with one attached hydrogen (secondary N) is 1. The van der Waals surface area contributed by atoms with E-state index in [9.17, 15) is 18.4 Å². The van der Waals surface area contributed by atoms with Gasteiger partial charge in [0.15, 0.2) is 0 Å². The second kappa shape index (κ2) is 6.72. The molecule has 0 fully saturated rings. The zero-order valence-electron chi connectivity index (χ0n) is 12.6. The highest BCUT2D eigenvalue weighted by molar-refractivity contribution is 5.70. The molecule has 0 heterocycles. The number of amides is 1. The summed E-state index contributed by atoms with van der Waals surface area (Å²) in [6, 6.07) is 5.66. The van der Waals surface area contributed by atoms with Gasteiger partial charge in [0.25, 0.3) is 5.92 Å². The minimum atomic E-state index is -3.66. The summed E-state index contributed by atoms with van der Waals surface area (Å²) in [7, 11) is 0. The third-order valence-electron chi connectivity index (χ3n) is 2.60. The molecule has 0 bridgehead atoms. The summed E-state index contributed by atoms with van der Waals surface area (Å²) in [5.74, 6) is -5.32. The second-order valence-corrected chi connectivity index (χ2v) is 5.82. The second-order valence-electron chi connectivity index (χ2n) is 5.82. The molecule has 7 heteroatoms. The fourth-order valence-electron chi connectivity index (χ4n) is 1.81. The Morgan fingerprint density at radius 2 is 1.77 bits per heavy atom. The fraction of sp³-hybridized carbons (Fsp3) is 0.467. The van der Waals surface area contributed by atoms with E-state index in [1.165, 1.54) is 24.3 Å². The van der Waals surface area contributed by atoms with E-state index in [0.29, 0.717) is 0 Å². The Labute approximate surface area is 127 Å². The Morgan fingerprint density at radius 3 is 2.23 bits per heavy atom. The summed E-state index contributed by atoms with van der Waals surface area (Å²) in [4.78, 5) is 22.4. The van der Waals surface area contributed by atoms with Crippen LogP contribution in [0, 0.1) is 0 Å². The molecule has 0 spiro atoms. The minimum Gasteiger partial charge on any atom is -0.481 e. The van der Waals surface area contributed by atoms with Gasteiger partial charge in [-0.2, -0.15) is 0 Å². The van der Waals surface area contributed by atoms with Gasteiger partial charge in [0.05, 0.1) is 0 Å². The Balaban J connectivity index is 3.03. The Morgan fingerprint density at radius 1 is 1.23 bits per heavy atom. The molecule has 122 valence electrons. The number of carbonyl (C=O) groups excluding carboxylic acids is 1. The van der Waals surface area contributed by atoms with Crippen LogP contribution >= 0.6 is 0 Å². The third-order valence-corrected chi connectivity index (χ3v) is 2.60. The van der Waals surface area contributed by atoms with Gasteiger partial charge in [0.1, 0.15) is 18.1 Å². The van der Waals surface area contributed by atoms with Gasteiger partial charge in [0.2, 0.25) is 0 Å². The standard InChI is InChI=1S/C15H19F2NO4/c1-14(2,3)22-13(21)18-12(10-7-5-4-6-8-10)15(16,17)9-11(19)20/h4-8,12H,9H2,1-3H3,(H,18,21)(H,19,20). The first-order valence-corrected chi connectivity index (χ1v) is 6.65. The van der Waals surface area contributed by atoms with Gasteiger partial charge in [0, 0.05) is 0 Å². The maximum atomic E-state index is 14.2. The van der Waals surface area contributed by atoms with E-state index in [1.807, 2.05) is 0 Å². The van der Waals surface area contributed by atoms with E-state index >= 15 is 0 Å². The topological polar surface area (TPSA) is 75.6 Å². The molecule has 22 heavy (non-hydrogen) atoms. The molecule has 1 unspecified atom stereocenters. The predicted molar refractivity (Wildman–Crippen MR) is 75.8 cm³/mol. The van der Waals surface area contributed by atoms with Crippen LogP contribution in [0.4, 0.5) is 13.6 Å². The molecule has 5 nitrogen and oxygen atoms in total. The molecule has 0 aliphatic heterocycles. The van der Waals surface area contributed by atoms with Crippen LogP contribution in [-0.4, -0.2) is 28.7 Å². The van der Waals surface area contributed by atoms with Crippen molar-refractivity contribution in [3.8, 4) is 0 Å². The molecule has 1 atom stereocenters. The molecule has 0 saturated heterocycles. The van der Waals surface area contributed by atoms with Crippen molar-refractivity contribution in [2.24, 2.45) is 0 Å². The highest BCUT2D eigenvalue weighted by Gasteiger charge is 2.44. The maximum absolute atomic E-state index is 14.2. The van der Waals surface area contributed by atoms with Gasteiger partial charge < -0.3 is 15.2 Å². The van der Waals surface area contributed by atoms with E-state index < -0.39 is 36.0 Å². The molecule has 2 N–H and O–H groups in total. The number of alkyl halides is 2. The summed E-state index contributed by atoms with van der Waals surface area (Å²) in [5, 5.41) is 10.7. The van der Waals surface area contributed by atoms with Crippen molar-refractivity contribution in [1.82, 2.24) is 5.32 Å². The molecular formula is C15H19F2NO4. The Hall–Kier alpha value is -2.18. The molecule has 0 saturated carbocycles. The van der Waals surface area contributed by atoms with Crippen LogP contribution in [0.3, 0.4) is 0 Å². The van der Waals surface area contributed by atoms with Crippen molar-refractivity contribution in [3.05, 3.63) is 35.9 Å². The number of carboxylic acid groups (broad SMARTS) is 1. The molecule has 0 radical (unpaired) electrons. The number of hydrogen-bond acceptors (Lipinski definition) is 3. The van der Waals surface area contributed by atoms with Gasteiger partial charge in [-0.05, 0) is 26.3 Å². The zero-order chi connectivity index (χ0) is 17.0. The van der Waals surface area contributed by atoms with Gasteiger partial charge in [-0.25, -0.2) is 13.6 Å². The lowest BCUT2D eigenvalue weighted by molar-refractivity contribution is -0.147. The molecule has 1 aromatic carbocycles. The number of carbonyl (C=O) groups is 2. The Bertz CT molecular complexity index is 526. The first-order valence-electron chi connectivity index (χ1n) is 6.65. The van der Waals surface area contributed by atoms with Crippen LogP contribution in [0.2, 0.25) is 0 Å². The number of aliphatic carboxylic acids is 1. The van der Waals surface area contributed by atoms with Crippen LogP contribution in [0.25, 0.3) is 0 Å². The largest absolute Gasteiger partial charge is 0.481 e. The average molecular weight is 315 g/mol.